The minimum atomic E-state index is -0.738. The molecule has 5 nitrogen and oxygen atoms in total. The summed E-state index contributed by atoms with van der Waals surface area (Å²) < 4.78 is 0. The van der Waals surface area contributed by atoms with E-state index in [1.54, 1.807) is 30.1 Å². The van der Waals surface area contributed by atoms with E-state index in [2.05, 4.69) is 5.32 Å². The number of rotatable bonds is 6. The summed E-state index contributed by atoms with van der Waals surface area (Å²) >= 11 is 1.50. The van der Waals surface area contributed by atoms with Crippen LogP contribution in [0.2, 0.25) is 0 Å². The topological polar surface area (TPSA) is 69.6 Å². The highest BCUT2D eigenvalue weighted by molar-refractivity contribution is 7.07. The van der Waals surface area contributed by atoms with E-state index in [0.717, 1.165) is 18.4 Å². The smallest absolute Gasteiger partial charge is 0.253 e. The summed E-state index contributed by atoms with van der Waals surface area (Å²) in [5, 5.41) is 16.6. The summed E-state index contributed by atoms with van der Waals surface area (Å²) in [4.78, 5) is 26.3. The molecule has 1 heterocycles. The molecule has 126 valence electrons. The van der Waals surface area contributed by atoms with E-state index in [4.69, 9.17) is 0 Å². The molecule has 24 heavy (non-hydrogen) atoms. The average Bonchev–Trinajstić information content (AvgIpc) is 3.32. The van der Waals surface area contributed by atoms with Gasteiger partial charge in [-0.2, -0.15) is 11.3 Å². The first kappa shape index (κ1) is 16.7. The Labute approximate surface area is 144 Å². The predicted molar refractivity (Wildman–Crippen MR) is 94.2 cm³/mol. The van der Waals surface area contributed by atoms with E-state index in [-0.39, 0.29) is 24.3 Å². The van der Waals surface area contributed by atoms with Gasteiger partial charge in [0.05, 0.1) is 17.4 Å². The lowest BCUT2D eigenvalue weighted by atomic mass is 10.1. The fourth-order valence-electron chi connectivity index (χ4n) is 2.55. The van der Waals surface area contributed by atoms with Crippen LogP contribution in [0, 0.1) is 5.92 Å². The number of nitrogens with one attached hydrogen (secondary N) is 1. The predicted octanol–water partition coefficient (Wildman–Crippen LogP) is 2.58. The van der Waals surface area contributed by atoms with E-state index in [1.165, 1.54) is 11.3 Å². The van der Waals surface area contributed by atoms with Gasteiger partial charge in [-0.15, -0.1) is 0 Å². The van der Waals surface area contributed by atoms with E-state index >= 15 is 0 Å². The van der Waals surface area contributed by atoms with Crippen LogP contribution in [0.3, 0.4) is 0 Å². The highest BCUT2D eigenvalue weighted by Crippen LogP contribution is 2.33. The molecule has 6 heteroatoms. The third-order valence-corrected chi connectivity index (χ3v) is 4.85. The second-order valence-electron chi connectivity index (χ2n) is 5.97. The molecule has 0 unspecified atom stereocenters. The lowest BCUT2D eigenvalue weighted by Crippen LogP contribution is -2.33. The summed E-state index contributed by atoms with van der Waals surface area (Å²) in [6.45, 7) is 0.129. The molecule has 1 aromatic carbocycles. The third kappa shape index (κ3) is 3.66. The molecule has 1 atom stereocenters. The summed E-state index contributed by atoms with van der Waals surface area (Å²) in [7, 11) is 1.70. The number of benzene rings is 1. The van der Waals surface area contributed by atoms with Crippen molar-refractivity contribution in [2.75, 3.05) is 18.5 Å². The minimum absolute atomic E-state index is 0.0496. The van der Waals surface area contributed by atoms with Gasteiger partial charge in [-0.25, -0.2) is 0 Å². The van der Waals surface area contributed by atoms with Crippen molar-refractivity contribution in [3.05, 3.63) is 52.2 Å². The average molecular weight is 344 g/mol. The van der Waals surface area contributed by atoms with Crippen LogP contribution in [0.4, 0.5) is 5.69 Å². The highest BCUT2D eigenvalue weighted by atomic mass is 32.1. The molecule has 1 aliphatic carbocycles. The second-order valence-corrected chi connectivity index (χ2v) is 6.75. The molecule has 0 aliphatic heterocycles. The number of anilines is 1. The quantitative estimate of drug-likeness (QED) is 0.846. The Bertz CT molecular complexity index is 726. The lowest BCUT2D eigenvalue weighted by Gasteiger charge is -2.20. The number of carbonyl (C=O) groups is 2. The fourth-order valence-corrected chi connectivity index (χ4v) is 3.26. The van der Waals surface area contributed by atoms with Crippen LogP contribution in [0.5, 0.6) is 0 Å². The number of aliphatic hydroxyl groups is 1. The Morgan fingerprint density at radius 2 is 2.08 bits per heavy atom. The molecular formula is C18H20N2O3S. The maximum atomic E-state index is 12.5. The van der Waals surface area contributed by atoms with E-state index in [1.807, 2.05) is 22.9 Å². The number of thiophene rings is 1. The largest absolute Gasteiger partial charge is 0.387 e. The maximum absolute atomic E-state index is 12.5. The van der Waals surface area contributed by atoms with Gasteiger partial charge in [0.1, 0.15) is 0 Å². The number of nitrogens with zero attached hydrogens (tertiary/aromatic N) is 1. The van der Waals surface area contributed by atoms with Gasteiger partial charge < -0.3 is 15.3 Å². The molecule has 0 spiro atoms. The van der Waals surface area contributed by atoms with Crippen LogP contribution in [0.1, 0.15) is 34.9 Å². The SMILES string of the molecule is CN(C(=O)C1CC1)c1ccccc1C(=O)NC[C@@H](O)c1ccsc1. The van der Waals surface area contributed by atoms with Crippen molar-refractivity contribution in [2.45, 2.75) is 18.9 Å². The van der Waals surface area contributed by atoms with Crippen LogP contribution in [-0.4, -0.2) is 30.5 Å². The summed E-state index contributed by atoms with van der Waals surface area (Å²) in [6.07, 6.45) is 1.10. The number of para-hydroxylation sites is 1. The van der Waals surface area contributed by atoms with Crippen molar-refractivity contribution >= 4 is 28.8 Å². The zero-order valence-corrected chi connectivity index (χ0v) is 14.3. The Morgan fingerprint density at radius 3 is 2.75 bits per heavy atom. The van der Waals surface area contributed by atoms with Crippen LogP contribution in [-0.2, 0) is 4.79 Å². The maximum Gasteiger partial charge on any atom is 0.253 e. The van der Waals surface area contributed by atoms with Gasteiger partial charge in [-0.1, -0.05) is 12.1 Å². The van der Waals surface area contributed by atoms with Crippen molar-refractivity contribution in [2.24, 2.45) is 5.92 Å². The molecule has 1 saturated carbocycles. The van der Waals surface area contributed by atoms with Gasteiger partial charge in [0, 0.05) is 19.5 Å². The zero-order chi connectivity index (χ0) is 17.1. The normalized spacial score (nSPS) is 14.9. The van der Waals surface area contributed by atoms with Gasteiger partial charge in [0.15, 0.2) is 0 Å². The number of carbonyl (C=O) groups excluding carboxylic acids is 2. The minimum Gasteiger partial charge on any atom is -0.387 e. The first-order valence-electron chi connectivity index (χ1n) is 7.93. The van der Waals surface area contributed by atoms with Crippen LogP contribution < -0.4 is 10.2 Å². The Kier molecular flexibility index (Phi) is 4.97. The fraction of sp³-hybridized carbons (Fsp3) is 0.333. The third-order valence-electron chi connectivity index (χ3n) is 4.15. The van der Waals surface area contributed by atoms with Crippen molar-refractivity contribution in [1.29, 1.82) is 0 Å². The van der Waals surface area contributed by atoms with Crippen molar-refractivity contribution in [1.82, 2.24) is 5.32 Å². The number of amides is 2. The van der Waals surface area contributed by atoms with E-state index < -0.39 is 6.10 Å². The van der Waals surface area contributed by atoms with Crippen LogP contribution in [0.15, 0.2) is 41.1 Å². The van der Waals surface area contributed by atoms with E-state index in [9.17, 15) is 14.7 Å². The lowest BCUT2D eigenvalue weighted by molar-refractivity contribution is -0.119. The molecule has 0 saturated heterocycles. The molecule has 0 bridgehead atoms. The molecule has 3 rings (SSSR count). The first-order chi connectivity index (χ1) is 11.6. The Morgan fingerprint density at radius 1 is 1.33 bits per heavy atom. The highest BCUT2D eigenvalue weighted by Gasteiger charge is 2.33. The van der Waals surface area contributed by atoms with Crippen molar-refractivity contribution in [3.8, 4) is 0 Å². The molecule has 1 aromatic heterocycles. The number of aliphatic hydroxyl groups excluding tert-OH is 1. The summed E-state index contributed by atoms with van der Waals surface area (Å²) in [5.74, 6) is -0.157. The molecule has 2 N–H and O–H groups in total. The molecule has 1 aliphatic rings. The van der Waals surface area contributed by atoms with Gasteiger partial charge in [0.25, 0.3) is 5.91 Å². The number of hydrogen-bond acceptors (Lipinski definition) is 4. The molecular weight excluding hydrogens is 324 g/mol. The van der Waals surface area contributed by atoms with Crippen molar-refractivity contribution < 1.29 is 14.7 Å². The molecule has 2 amide bonds. The first-order valence-corrected chi connectivity index (χ1v) is 8.87. The van der Waals surface area contributed by atoms with Gasteiger partial charge in [-0.3, -0.25) is 9.59 Å². The standard InChI is InChI=1S/C18H20N2O3S/c1-20(18(23)12-6-7-12)15-5-3-2-4-14(15)17(22)19-10-16(21)13-8-9-24-11-13/h2-5,8-9,11-12,16,21H,6-7,10H2,1H3,(H,19,22)/t16-/m1/s1. The van der Waals surface area contributed by atoms with Crippen LogP contribution in [0.25, 0.3) is 0 Å². The number of hydrogen-bond donors (Lipinski definition) is 2. The van der Waals surface area contributed by atoms with E-state index in [0.29, 0.717) is 11.3 Å². The van der Waals surface area contributed by atoms with Crippen LogP contribution >= 0.6 is 11.3 Å². The Balaban J connectivity index is 1.69. The van der Waals surface area contributed by atoms with Crippen molar-refractivity contribution in [3.63, 3.8) is 0 Å². The molecule has 2 aromatic rings. The van der Waals surface area contributed by atoms with Gasteiger partial charge in [-0.05, 0) is 47.4 Å². The monoisotopic (exact) mass is 344 g/mol. The zero-order valence-electron chi connectivity index (χ0n) is 13.4. The van der Waals surface area contributed by atoms with Gasteiger partial charge in [0.2, 0.25) is 5.91 Å². The Hall–Kier alpha value is -2.18. The summed E-state index contributed by atoms with van der Waals surface area (Å²) in [6, 6.07) is 8.87. The summed E-state index contributed by atoms with van der Waals surface area (Å²) in [5.41, 5.74) is 1.82. The molecule has 0 radical (unpaired) electrons. The second kappa shape index (κ2) is 7.15. The van der Waals surface area contributed by atoms with Gasteiger partial charge >= 0.3 is 0 Å². The molecule has 1 fully saturated rings.